The molecule has 2 N–H and O–H groups in total. The third-order valence-electron chi connectivity index (χ3n) is 4.89. The number of nitrogens with zero attached hydrogens (tertiary/aromatic N) is 2. The summed E-state index contributed by atoms with van der Waals surface area (Å²) in [6.07, 6.45) is 5.58. The van der Waals surface area contributed by atoms with Crippen LogP contribution in [0.2, 0.25) is 5.02 Å². The molecule has 0 radical (unpaired) electrons. The number of likely N-dealkylation sites (tertiary alicyclic amines) is 1. The van der Waals surface area contributed by atoms with Gasteiger partial charge in [0.25, 0.3) is 0 Å². The fourth-order valence-electron chi connectivity index (χ4n) is 3.31. The van der Waals surface area contributed by atoms with Gasteiger partial charge in [-0.3, -0.25) is 4.99 Å². The second-order valence-corrected chi connectivity index (χ2v) is 7.04. The average Bonchev–Trinajstić information content (AvgIpc) is 3.42. The fraction of sp³-hybridized carbons (Fsp3) is 0.611. The Bertz CT molecular complexity index is 566. The van der Waals surface area contributed by atoms with Crippen LogP contribution >= 0.6 is 35.6 Å². The highest BCUT2D eigenvalue weighted by atomic mass is 127. The fourth-order valence-corrected chi connectivity index (χ4v) is 3.57. The van der Waals surface area contributed by atoms with Gasteiger partial charge in [-0.05, 0) is 44.2 Å². The number of halogens is 3. The Balaban J connectivity index is 0.00000225. The molecule has 0 amide bonds. The Kier molecular flexibility index (Phi) is 8.22. The lowest BCUT2D eigenvalue weighted by Gasteiger charge is -2.33. The molecule has 2 aliphatic rings. The van der Waals surface area contributed by atoms with Crippen molar-refractivity contribution in [3.05, 3.63) is 34.6 Å². The van der Waals surface area contributed by atoms with Crippen molar-refractivity contribution in [3.8, 4) is 0 Å². The molecule has 140 valence electrons. The molecule has 0 bridgehead atoms. The molecule has 1 aromatic carbocycles. The average molecular weight is 481 g/mol. The van der Waals surface area contributed by atoms with Crippen molar-refractivity contribution in [3.63, 3.8) is 0 Å². The number of benzene rings is 1. The number of aliphatic imine (C=N–C) groups is 1. The molecule has 1 aliphatic carbocycles. The second kappa shape index (κ2) is 9.92. The zero-order valence-electron chi connectivity index (χ0n) is 14.6. The summed E-state index contributed by atoms with van der Waals surface area (Å²) in [5.74, 6) is 0.534. The Morgan fingerprint density at radius 2 is 2.00 bits per heavy atom. The summed E-state index contributed by atoms with van der Waals surface area (Å²) in [6, 6.07) is 6.11. The smallest absolute Gasteiger partial charge is 0.191 e. The lowest BCUT2D eigenvalue weighted by atomic mass is 10.1. The molecule has 0 unspecified atom stereocenters. The normalized spacial score (nSPS) is 19.4. The molecule has 0 atom stereocenters. The highest BCUT2D eigenvalue weighted by Gasteiger charge is 2.31. The van der Waals surface area contributed by atoms with Gasteiger partial charge in [0.05, 0.1) is 0 Å². The number of piperidine rings is 1. The van der Waals surface area contributed by atoms with Crippen molar-refractivity contribution >= 4 is 41.5 Å². The molecule has 1 saturated heterocycles. The summed E-state index contributed by atoms with van der Waals surface area (Å²) >= 11 is 6.06. The molecule has 0 spiro atoms. The molecular formula is C18H27ClFIN4. The molecule has 4 nitrogen and oxygen atoms in total. The first kappa shape index (κ1) is 20.7. The van der Waals surface area contributed by atoms with Crippen molar-refractivity contribution in [2.45, 2.75) is 44.2 Å². The maximum atomic E-state index is 13.8. The minimum atomic E-state index is -0.250. The third-order valence-corrected chi connectivity index (χ3v) is 5.24. The summed E-state index contributed by atoms with van der Waals surface area (Å²) in [4.78, 5) is 6.88. The molecule has 1 saturated carbocycles. The zero-order chi connectivity index (χ0) is 16.9. The number of rotatable bonds is 5. The van der Waals surface area contributed by atoms with Crippen molar-refractivity contribution in [2.24, 2.45) is 4.99 Å². The Morgan fingerprint density at radius 3 is 2.60 bits per heavy atom. The first-order valence-corrected chi connectivity index (χ1v) is 9.19. The van der Waals surface area contributed by atoms with Crippen molar-refractivity contribution < 1.29 is 4.39 Å². The molecule has 2 fully saturated rings. The van der Waals surface area contributed by atoms with Gasteiger partial charge in [0.15, 0.2) is 5.96 Å². The number of hydrogen-bond acceptors (Lipinski definition) is 2. The maximum absolute atomic E-state index is 13.8. The third kappa shape index (κ3) is 5.96. The molecule has 1 aliphatic heterocycles. The van der Waals surface area contributed by atoms with E-state index in [0.717, 1.165) is 24.8 Å². The number of nitrogens with one attached hydrogen (secondary N) is 2. The van der Waals surface area contributed by atoms with Crippen LogP contribution < -0.4 is 10.6 Å². The minimum absolute atomic E-state index is 0. The molecule has 1 aromatic rings. The summed E-state index contributed by atoms with van der Waals surface area (Å²) in [7, 11) is 1.77. The maximum Gasteiger partial charge on any atom is 0.191 e. The predicted octanol–water partition coefficient (Wildman–Crippen LogP) is 3.43. The van der Waals surface area contributed by atoms with Gasteiger partial charge >= 0.3 is 0 Å². The molecular weight excluding hydrogens is 454 g/mol. The summed E-state index contributed by atoms with van der Waals surface area (Å²) < 4.78 is 13.8. The van der Waals surface area contributed by atoms with Gasteiger partial charge in [0, 0.05) is 49.4 Å². The molecule has 1 heterocycles. The van der Waals surface area contributed by atoms with E-state index in [4.69, 9.17) is 11.6 Å². The molecule has 3 rings (SSSR count). The van der Waals surface area contributed by atoms with Crippen LogP contribution in [-0.4, -0.2) is 49.6 Å². The Hall–Kier alpha value is -0.600. The second-order valence-electron chi connectivity index (χ2n) is 6.63. The predicted molar refractivity (Wildman–Crippen MR) is 113 cm³/mol. The zero-order valence-corrected chi connectivity index (χ0v) is 17.7. The van der Waals surface area contributed by atoms with E-state index in [1.807, 2.05) is 0 Å². The van der Waals surface area contributed by atoms with E-state index < -0.39 is 0 Å². The van der Waals surface area contributed by atoms with Crippen LogP contribution in [0.1, 0.15) is 31.2 Å². The molecule has 0 aromatic heterocycles. The van der Waals surface area contributed by atoms with E-state index >= 15 is 0 Å². The van der Waals surface area contributed by atoms with E-state index in [0.29, 0.717) is 29.6 Å². The Labute approximate surface area is 171 Å². The van der Waals surface area contributed by atoms with Gasteiger partial charge in [-0.2, -0.15) is 0 Å². The lowest BCUT2D eigenvalue weighted by molar-refractivity contribution is 0.197. The van der Waals surface area contributed by atoms with E-state index in [9.17, 15) is 4.39 Å². The van der Waals surface area contributed by atoms with Crippen LogP contribution in [0.15, 0.2) is 23.2 Å². The number of hydrogen-bond donors (Lipinski definition) is 2. The SMILES string of the molecule is CN=C(NCCc1c(F)cccc1Cl)NC1CCN(C2CC2)CC1.I. The summed E-state index contributed by atoms with van der Waals surface area (Å²) in [6.45, 7) is 2.94. The quantitative estimate of drug-likeness (QED) is 0.385. The lowest BCUT2D eigenvalue weighted by Crippen LogP contribution is -2.49. The van der Waals surface area contributed by atoms with Crippen molar-refractivity contribution in [1.82, 2.24) is 15.5 Å². The van der Waals surface area contributed by atoms with E-state index in [1.165, 1.54) is 32.0 Å². The standard InChI is InChI=1S/C18H26ClFN4.HI/c1-21-18(22-10-7-15-16(19)3-2-4-17(15)20)23-13-8-11-24(12-9-13)14-5-6-14;/h2-4,13-14H,5-12H2,1H3,(H2,21,22,23);1H. The van der Waals surface area contributed by atoms with Crippen LogP contribution in [0.5, 0.6) is 0 Å². The monoisotopic (exact) mass is 480 g/mol. The van der Waals surface area contributed by atoms with Crippen LogP contribution in [-0.2, 0) is 6.42 Å². The molecule has 25 heavy (non-hydrogen) atoms. The largest absolute Gasteiger partial charge is 0.356 e. The number of guanidine groups is 1. The van der Waals surface area contributed by atoms with Gasteiger partial charge in [0.1, 0.15) is 5.82 Å². The highest BCUT2D eigenvalue weighted by molar-refractivity contribution is 14.0. The van der Waals surface area contributed by atoms with Gasteiger partial charge in [-0.25, -0.2) is 4.39 Å². The van der Waals surface area contributed by atoms with E-state index in [1.54, 1.807) is 19.2 Å². The van der Waals surface area contributed by atoms with E-state index in [2.05, 4.69) is 20.5 Å². The molecule has 7 heteroatoms. The van der Waals surface area contributed by atoms with E-state index in [-0.39, 0.29) is 29.8 Å². The van der Waals surface area contributed by atoms with Gasteiger partial charge in [0.2, 0.25) is 0 Å². The van der Waals surface area contributed by atoms with Crippen molar-refractivity contribution in [1.29, 1.82) is 0 Å². The highest BCUT2D eigenvalue weighted by Crippen LogP contribution is 2.29. The first-order valence-electron chi connectivity index (χ1n) is 8.81. The topological polar surface area (TPSA) is 39.7 Å². The summed E-state index contributed by atoms with van der Waals surface area (Å²) in [5, 5.41) is 7.23. The van der Waals surface area contributed by atoms with Crippen LogP contribution in [0.25, 0.3) is 0 Å². The summed E-state index contributed by atoms with van der Waals surface area (Å²) in [5.41, 5.74) is 0.555. The van der Waals surface area contributed by atoms with Gasteiger partial charge < -0.3 is 15.5 Å². The Morgan fingerprint density at radius 1 is 1.28 bits per heavy atom. The van der Waals surface area contributed by atoms with Gasteiger partial charge in [-0.1, -0.05) is 17.7 Å². The van der Waals surface area contributed by atoms with Crippen LogP contribution in [0.3, 0.4) is 0 Å². The van der Waals surface area contributed by atoms with Crippen LogP contribution in [0.4, 0.5) is 4.39 Å². The first-order chi connectivity index (χ1) is 11.7. The van der Waals surface area contributed by atoms with Crippen molar-refractivity contribution in [2.75, 3.05) is 26.7 Å². The van der Waals surface area contributed by atoms with Gasteiger partial charge in [-0.15, -0.1) is 24.0 Å². The minimum Gasteiger partial charge on any atom is -0.356 e. The van der Waals surface area contributed by atoms with Crippen LogP contribution in [0, 0.1) is 5.82 Å².